The third kappa shape index (κ3) is 3.51. The Bertz CT molecular complexity index is 706. The largest absolute Gasteiger partial charge is 0.481 e. The van der Waals surface area contributed by atoms with Crippen LogP contribution in [0.3, 0.4) is 0 Å². The minimum Gasteiger partial charge on any atom is -0.481 e. The van der Waals surface area contributed by atoms with Crippen LogP contribution in [0, 0.1) is 10.1 Å². The molecule has 0 aliphatic carbocycles. The van der Waals surface area contributed by atoms with Crippen molar-refractivity contribution in [1.29, 1.82) is 0 Å². The summed E-state index contributed by atoms with van der Waals surface area (Å²) in [6.07, 6.45) is 1.17. The lowest BCUT2D eigenvalue weighted by atomic mass is 10.0. The van der Waals surface area contributed by atoms with Crippen LogP contribution in [0.1, 0.15) is 16.1 Å². The summed E-state index contributed by atoms with van der Waals surface area (Å²) in [5.74, 6) is -0.113. The van der Waals surface area contributed by atoms with Gasteiger partial charge in [0.25, 0.3) is 5.69 Å². The van der Waals surface area contributed by atoms with Gasteiger partial charge < -0.3 is 4.74 Å². The van der Waals surface area contributed by atoms with Crippen LogP contribution in [0.4, 0.5) is 5.69 Å². The van der Waals surface area contributed by atoms with Gasteiger partial charge in [-0.3, -0.25) is 14.9 Å². The zero-order valence-electron chi connectivity index (χ0n) is 10.9. The zero-order chi connectivity index (χ0) is 15.4. The van der Waals surface area contributed by atoms with Gasteiger partial charge in [-0.15, -0.1) is 0 Å². The standard InChI is InChI=1S/C13H10ClN3O4/c1-21-13-6-9(15-7-16-13)5-12(18)10-3-2-8(14)4-11(10)17(19)20/h2-4,6-7H,5H2,1H3. The van der Waals surface area contributed by atoms with Crippen molar-refractivity contribution < 1.29 is 14.5 Å². The van der Waals surface area contributed by atoms with Crippen molar-refractivity contribution >= 4 is 23.1 Å². The highest BCUT2D eigenvalue weighted by molar-refractivity contribution is 6.31. The molecule has 0 N–H and O–H groups in total. The number of nitro groups is 1. The van der Waals surface area contributed by atoms with Crippen molar-refractivity contribution in [3.05, 3.63) is 57.0 Å². The van der Waals surface area contributed by atoms with E-state index in [1.54, 1.807) is 0 Å². The number of halogens is 1. The van der Waals surface area contributed by atoms with Gasteiger partial charge in [-0.2, -0.15) is 0 Å². The SMILES string of the molecule is COc1cc(CC(=O)c2ccc(Cl)cc2[N+](=O)[O-])ncn1. The van der Waals surface area contributed by atoms with Crippen molar-refractivity contribution in [2.75, 3.05) is 7.11 Å². The number of carbonyl (C=O) groups excluding carboxylic acids is 1. The number of Topliss-reactive ketones (excluding diaryl/α,β-unsaturated/α-hetero) is 1. The molecule has 0 saturated heterocycles. The summed E-state index contributed by atoms with van der Waals surface area (Å²) in [5.41, 5.74) is 0.0756. The molecule has 0 spiro atoms. The van der Waals surface area contributed by atoms with Crippen molar-refractivity contribution in [1.82, 2.24) is 9.97 Å². The third-order valence-electron chi connectivity index (χ3n) is 2.71. The molecule has 108 valence electrons. The fourth-order valence-corrected chi connectivity index (χ4v) is 1.90. The summed E-state index contributed by atoms with van der Waals surface area (Å²) in [5, 5.41) is 11.2. The fraction of sp³-hybridized carbons (Fsp3) is 0.154. The second-order valence-corrected chi connectivity index (χ2v) is 4.51. The molecular weight excluding hydrogens is 298 g/mol. The lowest BCUT2D eigenvalue weighted by molar-refractivity contribution is -0.385. The van der Waals surface area contributed by atoms with E-state index in [-0.39, 0.29) is 22.7 Å². The Kier molecular flexibility index (Phi) is 4.44. The number of carbonyl (C=O) groups is 1. The summed E-state index contributed by atoms with van der Waals surface area (Å²) >= 11 is 5.71. The molecule has 0 unspecified atom stereocenters. The minimum atomic E-state index is -0.639. The monoisotopic (exact) mass is 307 g/mol. The molecule has 0 aliphatic rings. The zero-order valence-corrected chi connectivity index (χ0v) is 11.7. The quantitative estimate of drug-likeness (QED) is 0.478. The highest BCUT2D eigenvalue weighted by Gasteiger charge is 2.21. The van der Waals surface area contributed by atoms with Gasteiger partial charge in [-0.25, -0.2) is 9.97 Å². The Morgan fingerprint density at radius 1 is 1.38 bits per heavy atom. The second kappa shape index (κ2) is 6.27. The van der Waals surface area contributed by atoms with Crippen LogP contribution in [-0.4, -0.2) is 27.8 Å². The number of nitro benzene ring substituents is 1. The summed E-state index contributed by atoms with van der Waals surface area (Å²) in [6.45, 7) is 0. The highest BCUT2D eigenvalue weighted by Crippen LogP contribution is 2.24. The van der Waals surface area contributed by atoms with Crippen molar-refractivity contribution in [2.45, 2.75) is 6.42 Å². The number of hydrogen-bond acceptors (Lipinski definition) is 6. The van der Waals surface area contributed by atoms with Gasteiger partial charge in [0.1, 0.15) is 6.33 Å². The fourth-order valence-electron chi connectivity index (χ4n) is 1.74. The van der Waals surface area contributed by atoms with E-state index in [9.17, 15) is 14.9 Å². The topological polar surface area (TPSA) is 95.2 Å². The Hall–Kier alpha value is -2.54. The van der Waals surface area contributed by atoms with Crippen molar-refractivity contribution in [3.8, 4) is 5.88 Å². The predicted molar refractivity (Wildman–Crippen MR) is 74.7 cm³/mol. The van der Waals surface area contributed by atoms with Crippen molar-refractivity contribution in [3.63, 3.8) is 0 Å². The summed E-state index contributed by atoms with van der Waals surface area (Å²) in [4.78, 5) is 30.3. The van der Waals surface area contributed by atoms with Gasteiger partial charge in [0.15, 0.2) is 5.78 Å². The summed E-state index contributed by atoms with van der Waals surface area (Å²) in [6, 6.07) is 5.42. The molecule has 1 aromatic carbocycles. The first kappa shape index (κ1) is 14.9. The maximum atomic E-state index is 12.2. The van der Waals surface area contributed by atoms with E-state index < -0.39 is 10.7 Å². The highest BCUT2D eigenvalue weighted by atomic mass is 35.5. The Morgan fingerprint density at radius 2 is 2.14 bits per heavy atom. The van der Waals surface area contributed by atoms with Gasteiger partial charge in [-0.05, 0) is 12.1 Å². The van der Waals surface area contributed by atoms with E-state index in [0.29, 0.717) is 11.6 Å². The number of nitrogens with zero attached hydrogens (tertiary/aromatic N) is 3. The Morgan fingerprint density at radius 3 is 2.81 bits per heavy atom. The van der Waals surface area contributed by atoms with Gasteiger partial charge in [0.05, 0.1) is 29.7 Å². The second-order valence-electron chi connectivity index (χ2n) is 4.07. The maximum Gasteiger partial charge on any atom is 0.281 e. The number of ether oxygens (including phenoxy) is 1. The van der Waals surface area contributed by atoms with E-state index in [1.165, 1.54) is 31.6 Å². The van der Waals surface area contributed by atoms with Crippen LogP contribution < -0.4 is 4.74 Å². The lowest BCUT2D eigenvalue weighted by Gasteiger charge is -2.04. The van der Waals surface area contributed by atoms with Crippen LogP contribution in [-0.2, 0) is 6.42 Å². The van der Waals surface area contributed by atoms with Crippen LogP contribution in [0.25, 0.3) is 0 Å². The molecule has 0 bridgehead atoms. The smallest absolute Gasteiger partial charge is 0.281 e. The molecule has 0 fully saturated rings. The van der Waals surface area contributed by atoms with Crippen molar-refractivity contribution in [2.24, 2.45) is 0 Å². The molecular formula is C13H10ClN3O4. The first-order valence-electron chi connectivity index (χ1n) is 5.83. The molecule has 1 heterocycles. The molecule has 1 aromatic heterocycles. The van der Waals surface area contributed by atoms with E-state index in [0.717, 1.165) is 6.07 Å². The molecule has 7 nitrogen and oxygen atoms in total. The maximum absolute atomic E-state index is 12.2. The van der Waals surface area contributed by atoms with E-state index >= 15 is 0 Å². The van der Waals surface area contributed by atoms with E-state index in [1.807, 2.05) is 0 Å². The molecule has 0 amide bonds. The molecule has 21 heavy (non-hydrogen) atoms. The van der Waals surface area contributed by atoms with Crippen LogP contribution >= 0.6 is 11.6 Å². The number of ketones is 1. The molecule has 0 atom stereocenters. The molecule has 8 heteroatoms. The number of benzene rings is 1. The van der Waals surface area contributed by atoms with Crippen LogP contribution in [0.5, 0.6) is 5.88 Å². The number of aromatic nitrogens is 2. The number of methoxy groups -OCH3 is 1. The molecule has 0 aliphatic heterocycles. The first-order valence-corrected chi connectivity index (χ1v) is 6.21. The third-order valence-corrected chi connectivity index (χ3v) is 2.94. The van der Waals surface area contributed by atoms with E-state index in [2.05, 4.69) is 9.97 Å². The first-order chi connectivity index (χ1) is 10.0. The Balaban J connectivity index is 2.30. The van der Waals surface area contributed by atoms with Gasteiger partial charge in [-0.1, -0.05) is 11.6 Å². The van der Waals surface area contributed by atoms with Gasteiger partial charge in [0, 0.05) is 17.2 Å². The van der Waals surface area contributed by atoms with Gasteiger partial charge >= 0.3 is 0 Å². The number of rotatable bonds is 5. The number of hydrogen-bond donors (Lipinski definition) is 0. The molecule has 0 saturated carbocycles. The lowest BCUT2D eigenvalue weighted by Crippen LogP contribution is -2.08. The normalized spacial score (nSPS) is 10.2. The average molecular weight is 308 g/mol. The summed E-state index contributed by atoms with van der Waals surface area (Å²) < 4.78 is 4.93. The summed E-state index contributed by atoms with van der Waals surface area (Å²) in [7, 11) is 1.44. The predicted octanol–water partition coefficient (Wildman–Crippen LogP) is 2.47. The van der Waals surface area contributed by atoms with Crippen LogP contribution in [0.15, 0.2) is 30.6 Å². The minimum absolute atomic E-state index is 0.0121. The molecule has 2 aromatic rings. The molecule has 0 radical (unpaired) electrons. The van der Waals surface area contributed by atoms with Gasteiger partial charge in [0.2, 0.25) is 5.88 Å². The molecule has 2 rings (SSSR count). The van der Waals surface area contributed by atoms with Crippen LogP contribution in [0.2, 0.25) is 5.02 Å². The van der Waals surface area contributed by atoms with E-state index in [4.69, 9.17) is 16.3 Å². The average Bonchev–Trinajstić information content (AvgIpc) is 2.47. The Labute approximate surface area is 124 Å².